The fourth-order valence-electron chi connectivity index (χ4n) is 2.46. The highest BCUT2D eigenvalue weighted by atomic mass is 79.9. The van der Waals surface area contributed by atoms with Crippen LogP contribution in [-0.2, 0) is 0 Å². The number of halogens is 1. The first kappa shape index (κ1) is 15.6. The number of hydrogen-bond donors (Lipinski definition) is 0. The van der Waals surface area contributed by atoms with E-state index in [2.05, 4.69) is 15.9 Å². The molecular weight excluding hydrogens is 328 g/mol. The van der Waals surface area contributed by atoms with Gasteiger partial charge in [0.2, 0.25) is 0 Å². The molecule has 0 saturated carbocycles. The maximum Gasteiger partial charge on any atom is 0.190 e. The van der Waals surface area contributed by atoms with Crippen molar-refractivity contribution in [1.82, 2.24) is 0 Å². The zero-order valence-electron chi connectivity index (χ0n) is 12.1. The van der Waals surface area contributed by atoms with Crippen LogP contribution in [0.1, 0.15) is 41.0 Å². The fraction of sp³-hybridized carbons (Fsp3) is 0.222. The molecule has 0 heterocycles. The lowest BCUT2D eigenvalue weighted by Gasteiger charge is -2.23. The summed E-state index contributed by atoms with van der Waals surface area (Å²) in [5.74, 6) is -0.480. The summed E-state index contributed by atoms with van der Waals surface area (Å²) in [4.78, 5) is 25.0. The Bertz CT molecular complexity index is 666. The molecule has 1 aromatic rings. The summed E-state index contributed by atoms with van der Waals surface area (Å²) < 4.78 is 0.813. The first-order chi connectivity index (χ1) is 10.2. The molecule has 1 atom stereocenters. The van der Waals surface area contributed by atoms with Crippen LogP contribution in [0.2, 0.25) is 0 Å². The van der Waals surface area contributed by atoms with Gasteiger partial charge in [-0.2, -0.15) is 0 Å². The van der Waals surface area contributed by atoms with E-state index in [9.17, 15) is 9.59 Å². The predicted molar refractivity (Wildman–Crippen MR) is 88.6 cm³/mol. The van der Waals surface area contributed by atoms with Crippen LogP contribution >= 0.6 is 15.9 Å². The molecule has 0 saturated heterocycles. The van der Waals surface area contributed by atoms with E-state index in [0.29, 0.717) is 23.1 Å². The number of benzene rings is 1. The maximum atomic E-state index is 12.5. The molecule has 1 unspecified atom stereocenters. The Labute approximate surface area is 133 Å². The smallest absolute Gasteiger partial charge is 0.190 e. The summed E-state index contributed by atoms with van der Waals surface area (Å²) in [5, 5.41) is 0. The minimum Gasteiger partial charge on any atom is -0.293 e. The third-order valence-electron chi connectivity index (χ3n) is 3.40. The van der Waals surface area contributed by atoms with Gasteiger partial charge in [-0.25, -0.2) is 0 Å². The summed E-state index contributed by atoms with van der Waals surface area (Å²) in [5.41, 5.74) is 1.61. The van der Waals surface area contributed by atoms with E-state index in [1.54, 1.807) is 24.3 Å². The molecule has 3 heteroatoms. The minimum atomic E-state index is -0.439. The molecule has 108 valence electrons. The molecule has 0 N–H and O–H groups in total. The summed E-state index contributed by atoms with van der Waals surface area (Å²) in [7, 11) is 0. The molecule has 2 nitrogen and oxygen atoms in total. The van der Waals surface area contributed by atoms with Crippen LogP contribution in [0.15, 0.2) is 58.6 Å². The highest BCUT2D eigenvalue weighted by molar-refractivity contribution is 9.10. The Balaban J connectivity index is 0.000000774. The molecule has 3 rings (SSSR count). The average Bonchev–Trinajstić information content (AvgIpc) is 2.47. The lowest BCUT2D eigenvalue weighted by atomic mass is 9.77. The Morgan fingerprint density at radius 3 is 2.62 bits per heavy atom. The van der Waals surface area contributed by atoms with Gasteiger partial charge in [0.25, 0.3) is 0 Å². The second-order valence-corrected chi connectivity index (χ2v) is 5.48. The average molecular weight is 345 g/mol. The Morgan fingerprint density at radius 2 is 1.86 bits per heavy atom. The van der Waals surface area contributed by atoms with Crippen molar-refractivity contribution in [1.29, 1.82) is 0 Å². The van der Waals surface area contributed by atoms with Crippen molar-refractivity contribution >= 4 is 27.5 Å². The van der Waals surface area contributed by atoms with Gasteiger partial charge in [-0.15, -0.1) is 0 Å². The second-order valence-electron chi connectivity index (χ2n) is 4.57. The highest BCUT2D eigenvalue weighted by Gasteiger charge is 2.35. The van der Waals surface area contributed by atoms with E-state index < -0.39 is 5.92 Å². The van der Waals surface area contributed by atoms with E-state index in [1.807, 2.05) is 38.2 Å². The second kappa shape index (κ2) is 6.81. The van der Waals surface area contributed by atoms with Crippen molar-refractivity contribution < 1.29 is 9.59 Å². The molecule has 0 aromatic heterocycles. The number of Topliss-reactive ketones (excluding diaryl/α,β-unsaturated/α-hetero) is 2. The molecule has 0 aliphatic heterocycles. The Kier molecular flexibility index (Phi) is 5.07. The van der Waals surface area contributed by atoms with Gasteiger partial charge >= 0.3 is 0 Å². The summed E-state index contributed by atoms with van der Waals surface area (Å²) in [6.07, 6.45) is 10.0. The standard InChI is InChI=1S/C16H11BrO2.C2H6/c17-10-7-8-13-14(9-10)16(19)12-6-4-2-1-3-5-11(12)15(13)18;1-2/h1-3,5-9,11H,4H2;1-2H3/b2-1-,5-3?,12-6+;. The van der Waals surface area contributed by atoms with Gasteiger partial charge in [0.1, 0.15) is 0 Å². The molecule has 0 spiro atoms. The number of fused-ring (bicyclic) bond motifs is 2. The zero-order chi connectivity index (χ0) is 15.4. The van der Waals surface area contributed by atoms with E-state index in [1.165, 1.54) is 0 Å². The molecule has 0 amide bonds. The first-order valence-electron chi connectivity index (χ1n) is 7.10. The summed E-state index contributed by atoms with van der Waals surface area (Å²) in [6, 6.07) is 5.25. The van der Waals surface area contributed by atoms with Crippen LogP contribution in [0.3, 0.4) is 0 Å². The van der Waals surface area contributed by atoms with Crippen LogP contribution in [0.25, 0.3) is 0 Å². The van der Waals surface area contributed by atoms with Crippen LogP contribution in [0, 0.1) is 5.92 Å². The number of hydrogen-bond acceptors (Lipinski definition) is 2. The highest BCUT2D eigenvalue weighted by Crippen LogP contribution is 2.33. The van der Waals surface area contributed by atoms with E-state index >= 15 is 0 Å². The SMILES string of the molecule is CC.O=C1/C2=C/C/C=C\C=CC2C(=O)c2ccc(Br)cc21. The molecule has 2 aliphatic carbocycles. The summed E-state index contributed by atoms with van der Waals surface area (Å²) in [6.45, 7) is 4.00. The first-order valence-corrected chi connectivity index (χ1v) is 7.89. The topological polar surface area (TPSA) is 34.1 Å². The van der Waals surface area contributed by atoms with Crippen molar-refractivity contribution in [2.45, 2.75) is 20.3 Å². The molecule has 0 bridgehead atoms. The normalized spacial score (nSPS) is 23.6. The van der Waals surface area contributed by atoms with Crippen molar-refractivity contribution in [3.63, 3.8) is 0 Å². The Morgan fingerprint density at radius 1 is 1.10 bits per heavy atom. The lowest BCUT2D eigenvalue weighted by Crippen LogP contribution is -2.28. The number of rotatable bonds is 0. The van der Waals surface area contributed by atoms with Gasteiger partial charge in [0, 0.05) is 21.2 Å². The molecule has 0 fully saturated rings. The van der Waals surface area contributed by atoms with E-state index in [0.717, 1.165) is 4.47 Å². The van der Waals surface area contributed by atoms with Crippen LogP contribution in [-0.4, -0.2) is 11.6 Å². The van der Waals surface area contributed by atoms with Gasteiger partial charge in [-0.3, -0.25) is 9.59 Å². The van der Waals surface area contributed by atoms with Crippen molar-refractivity contribution in [2.75, 3.05) is 0 Å². The largest absolute Gasteiger partial charge is 0.293 e. The predicted octanol–water partition coefficient (Wildman–Crippen LogP) is 4.91. The van der Waals surface area contributed by atoms with Crippen molar-refractivity contribution in [3.05, 3.63) is 69.8 Å². The summed E-state index contributed by atoms with van der Waals surface area (Å²) >= 11 is 3.35. The third kappa shape index (κ3) is 2.98. The quantitative estimate of drug-likeness (QED) is 0.669. The van der Waals surface area contributed by atoms with Crippen molar-refractivity contribution in [2.24, 2.45) is 5.92 Å². The minimum absolute atomic E-state index is 0.0000926. The number of carbonyl (C=O) groups is 2. The number of ketones is 2. The number of carbonyl (C=O) groups excluding carboxylic acids is 2. The van der Waals surface area contributed by atoms with Crippen LogP contribution in [0.5, 0.6) is 0 Å². The molecular formula is C18H17BrO2. The van der Waals surface area contributed by atoms with Gasteiger partial charge in [0.05, 0.1) is 5.92 Å². The Hall–Kier alpha value is -1.74. The molecule has 2 aliphatic rings. The maximum absolute atomic E-state index is 12.5. The van der Waals surface area contributed by atoms with Gasteiger partial charge in [-0.05, 0) is 24.6 Å². The molecule has 1 aromatic carbocycles. The van der Waals surface area contributed by atoms with Crippen LogP contribution < -0.4 is 0 Å². The van der Waals surface area contributed by atoms with Gasteiger partial charge in [0.15, 0.2) is 11.6 Å². The third-order valence-corrected chi connectivity index (χ3v) is 3.89. The van der Waals surface area contributed by atoms with Crippen LogP contribution in [0.4, 0.5) is 0 Å². The van der Waals surface area contributed by atoms with Crippen molar-refractivity contribution in [3.8, 4) is 0 Å². The number of allylic oxidation sites excluding steroid dienone is 6. The van der Waals surface area contributed by atoms with E-state index in [4.69, 9.17) is 0 Å². The monoisotopic (exact) mass is 344 g/mol. The molecule has 21 heavy (non-hydrogen) atoms. The molecule has 0 radical (unpaired) electrons. The zero-order valence-corrected chi connectivity index (χ0v) is 13.7. The van der Waals surface area contributed by atoms with Gasteiger partial charge in [-0.1, -0.05) is 60.2 Å². The van der Waals surface area contributed by atoms with E-state index in [-0.39, 0.29) is 11.6 Å². The lowest BCUT2D eigenvalue weighted by molar-refractivity contribution is 0.0903. The van der Waals surface area contributed by atoms with Gasteiger partial charge < -0.3 is 0 Å². The fourth-order valence-corrected chi connectivity index (χ4v) is 2.82.